The summed E-state index contributed by atoms with van der Waals surface area (Å²) in [5.74, 6) is 0.232. The minimum atomic E-state index is 0. The number of hydrogen-bond acceptors (Lipinski definition) is 2. The smallest absolute Gasteiger partial charge is 0.228 e. The Morgan fingerprint density at radius 2 is 2.11 bits per heavy atom. The maximum Gasteiger partial charge on any atom is 0.228 e. The van der Waals surface area contributed by atoms with Gasteiger partial charge in [0.2, 0.25) is 5.91 Å². The maximum atomic E-state index is 12.2. The van der Waals surface area contributed by atoms with Gasteiger partial charge in [-0.15, -0.1) is 12.4 Å². The number of anilines is 1. The highest BCUT2D eigenvalue weighted by atomic mass is 35.5. The highest BCUT2D eigenvalue weighted by molar-refractivity contribution is 5.95. The number of aryl methyl sites for hydroxylation is 2. The average molecular weight is 283 g/mol. The van der Waals surface area contributed by atoms with E-state index < -0.39 is 0 Å². The Hall–Kier alpha value is -1.06. The van der Waals surface area contributed by atoms with Gasteiger partial charge in [0.25, 0.3) is 0 Å². The van der Waals surface area contributed by atoms with Gasteiger partial charge in [0.05, 0.1) is 0 Å². The molecule has 4 heteroatoms. The molecule has 0 aliphatic carbocycles. The molecule has 1 aliphatic heterocycles. The topological polar surface area (TPSA) is 32.3 Å². The highest BCUT2D eigenvalue weighted by Gasteiger charge is 2.23. The molecule has 0 fully saturated rings. The molecule has 3 nitrogen and oxygen atoms in total. The average Bonchev–Trinajstić information content (AvgIpc) is 2.35. The van der Waals surface area contributed by atoms with Gasteiger partial charge < -0.3 is 10.2 Å². The van der Waals surface area contributed by atoms with E-state index in [4.69, 9.17) is 0 Å². The number of amides is 1. The predicted molar refractivity (Wildman–Crippen MR) is 82.4 cm³/mol. The van der Waals surface area contributed by atoms with E-state index in [1.165, 1.54) is 16.7 Å². The number of fused-ring (bicyclic) bond motifs is 1. The van der Waals surface area contributed by atoms with Gasteiger partial charge >= 0.3 is 0 Å². The van der Waals surface area contributed by atoms with E-state index in [2.05, 4.69) is 31.3 Å². The van der Waals surface area contributed by atoms with Crippen LogP contribution in [0.5, 0.6) is 0 Å². The number of carbonyl (C=O) groups excluding carboxylic acids is 1. The number of rotatable bonds is 3. The van der Waals surface area contributed by atoms with Crippen LogP contribution in [0.25, 0.3) is 0 Å². The lowest BCUT2D eigenvalue weighted by Gasteiger charge is -2.31. The van der Waals surface area contributed by atoms with Crippen molar-refractivity contribution >= 4 is 24.0 Å². The Kier molecular flexibility index (Phi) is 5.83. The molecule has 1 aliphatic rings. The highest BCUT2D eigenvalue weighted by Crippen LogP contribution is 2.31. The molecular formula is C15H23ClN2O. The van der Waals surface area contributed by atoms with Crippen LogP contribution < -0.4 is 10.2 Å². The molecule has 0 radical (unpaired) electrons. The fourth-order valence-corrected chi connectivity index (χ4v) is 2.70. The van der Waals surface area contributed by atoms with Crippen LogP contribution >= 0.6 is 12.4 Å². The Morgan fingerprint density at radius 1 is 1.37 bits per heavy atom. The molecule has 19 heavy (non-hydrogen) atoms. The Labute approximate surface area is 121 Å². The van der Waals surface area contributed by atoms with Crippen molar-refractivity contribution in [1.82, 2.24) is 5.32 Å². The molecule has 1 heterocycles. The molecular weight excluding hydrogens is 260 g/mol. The molecule has 0 aromatic heterocycles. The standard InChI is InChI=1S/C15H22N2O.ClH/c1-11-9-12(2)13-5-4-8-17(14(13)10-11)15(18)6-7-16-3;/h9-10,16H,4-8H2,1-3H3;1H. The van der Waals surface area contributed by atoms with E-state index >= 15 is 0 Å². The normalized spacial score (nSPS) is 13.7. The van der Waals surface area contributed by atoms with Gasteiger partial charge in [-0.3, -0.25) is 4.79 Å². The minimum absolute atomic E-state index is 0. The molecule has 0 saturated heterocycles. The van der Waals surface area contributed by atoms with E-state index in [1.807, 2.05) is 11.9 Å². The number of nitrogens with one attached hydrogen (secondary N) is 1. The summed E-state index contributed by atoms with van der Waals surface area (Å²) in [6.45, 7) is 5.85. The van der Waals surface area contributed by atoms with Crippen LogP contribution in [0.4, 0.5) is 5.69 Å². The van der Waals surface area contributed by atoms with Crippen LogP contribution in [0.3, 0.4) is 0 Å². The van der Waals surface area contributed by atoms with Crippen LogP contribution in [-0.2, 0) is 11.2 Å². The second kappa shape index (κ2) is 6.92. The maximum absolute atomic E-state index is 12.2. The van der Waals surface area contributed by atoms with Gasteiger partial charge in [0.1, 0.15) is 0 Å². The van der Waals surface area contributed by atoms with Crippen molar-refractivity contribution in [2.75, 3.05) is 25.0 Å². The Bertz CT molecular complexity index is 460. The summed E-state index contributed by atoms with van der Waals surface area (Å²) in [6, 6.07) is 4.36. The second-order valence-corrected chi connectivity index (χ2v) is 5.08. The van der Waals surface area contributed by atoms with Crippen molar-refractivity contribution in [3.05, 3.63) is 28.8 Å². The largest absolute Gasteiger partial charge is 0.319 e. The Morgan fingerprint density at radius 3 is 2.79 bits per heavy atom. The number of nitrogens with zero attached hydrogens (tertiary/aromatic N) is 1. The molecule has 1 aromatic rings. The van der Waals surface area contributed by atoms with Crippen molar-refractivity contribution in [1.29, 1.82) is 0 Å². The summed E-state index contributed by atoms with van der Waals surface area (Å²) in [7, 11) is 1.88. The first-order valence-corrected chi connectivity index (χ1v) is 6.68. The summed E-state index contributed by atoms with van der Waals surface area (Å²) in [5.41, 5.74) is 5.04. The van der Waals surface area contributed by atoms with E-state index in [0.29, 0.717) is 6.42 Å². The van der Waals surface area contributed by atoms with Crippen LogP contribution in [0.1, 0.15) is 29.5 Å². The molecule has 2 rings (SSSR count). The molecule has 106 valence electrons. The third-order valence-electron chi connectivity index (χ3n) is 3.58. The van der Waals surface area contributed by atoms with Crippen LogP contribution in [0, 0.1) is 13.8 Å². The van der Waals surface area contributed by atoms with E-state index in [9.17, 15) is 4.79 Å². The van der Waals surface area contributed by atoms with Crippen molar-refractivity contribution < 1.29 is 4.79 Å². The zero-order chi connectivity index (χ0) is 13.1. The van der Waals surface area contributed by atoms with Gasteiger partial charge in [-0.05, 0) is 56.5 Å². The molecule has 1 aromatic carbocycles. The summed E-state index contributed by atoms with van der Waals surface area (Å²) in [5, 5.41) is 3.04. The lowest BCUT2D eigenvalue weighted by molar-refractivity contribution is -0.118. The number of halogens is 1. The first-order chi connectivity index (χ1) is 8.63. The van der Waals surface area contributed by atoms with Crippen LogP contribution in [0.15, 0.2) is 12.1 Å². The Balaban J connectivity index is 0.00000180. The SMILES string of the molecule is CNCCC(=O)N1CCCc2c(C)cc(C)cc21.Cl. The fourth-order valence-electron chi connectivity index (χ4n) is 2.70. The van der Waals surface area contributed by atoms with Gasteiger partial charge in [0, 0.05) is 25.2 Å². The molecule has 0 saturated carbocycles. The van der Waals surface area contributed by atoms with Gasteiger partial charge in [-0.25, -0.2) is 0 Å². The zero-order valence-corrected chi connectivity index (χ0v) is 12.8. The number of benzene rings is 1. The van der Waals surface area contributed by atoms with Crippen LogP contribution in [-0.4, -0.2) is 26.0 Å². The van der Waals surface area contributed by atoms with Gasteiger partial charge in [-0.2, -0.15) is 0 Å². The first kappa shape index (κ1) is 16.0. The molecule has 0 bridgehead atoms. The quantitative estimate of drug-likeness (QED) is 0.924. The van der Waals surface area contributed by atoms with Crippen molar-refractivity contribution in [3.8, 4) is 0 Å². The van der Waals surface area contributed by atoms with Crippen molar-refractivity contribution in [2.45, 2.75) is 33.1 Å². The summed E-state index contributed by atoms with van der Waals surface area (Å²) < 4.78 is 0. The van der Waals surface area contributed by atoms with Crippen LogP contribution in [0.2, 0.25) is 0 Å². The minimum Gasteiger partial charge on any atom is -0.319 e. The van der Waals surface area contributed by atoms with Gasteiger partial charge in [-0.1, -0.05) is 6.07 Å². The summed E-state index contributed by atoms with van der Waals surface area (Å²) >= 11 is 0. The van der Waals surface area contributed by atoms with E-state index in [-0.39, 0.29) is 18.3 Å². The van der Waals surface area contributed by atoms with Crippen molar-refractivity contribution in [3.63, 3.8) is 0 Å². The monoisotopic (exact) mass is 282 g/mol. The first-order valence-electron chi connectivity index (χ1n) is 6.68. The molecule has 1 N–H and O–H groups in total. The molecule has 1 amide bonds. The lowest BCUT2D eigenvalue weighted by atomic mass is 9.95. The third kappa shape index (κ3) is 3.48. The molecule has 0 spiro atoms. The lowest BCUT2D eigenvalue weighted by Crippen LogP contribution is -2.37. The predicted octanol–water partition coefficient (Wildman–Crippen LogP) is 2.61. The second-order valence-electron chi connectivity index (χ2n) is 5.08. The molecule has 0 unspecified atom stereocenters. The third-order valence-corrected chi connectivity index (χ3v) is 3.58. The zero-order valence-electron chi connectivity index (χ0n) is 12.0. The summed E-state index contributed by atoms with van der Waals surface area (Å²) in [6.07, 6.45) is 2.74. The van der Waals surface area contributed by atoms with Gasteiger partial charge in [0.15, 0.2) is 0 Å². The fraction of sp³-hybridized carbons (Fsp3) is 0.533. The number of carbonyl (C=O) groups is 1. The summed E-state index contributed by atoms with van der Waals surface area (Å²) in [4.78, 5) is 14.2. The van der Waals surface area contributed by atoms with Crippen molar-refractivity contribution in [2.24, 2.45) is 0 Å². The van der Waals surface area contributed by atoms with E-state index in [0.717, 1.165) is 31.6 Å². The van der Waals surface area contributed by atoms with E-state index in [1.54, 1.807) is 0 Å². The number of hydrogen-bond donors (Lipinski definition) is 1. The molecule has 0 atom stereocenters.